The molecule has 1 aromatic rings. The number of ether oxygens (including phenoxy) is 1. The molecule has 6 heteroatoms. The monoisotopic (exact) mass is 216 g/mol. The molecule has 0 aliphatic carbocycles. The van der Waals surface area contributed by atoms with Crippen molar-refractivity contribution in [2.24, 2.45) is 5.73 Å². The summed E-state index contributed by atoms with van der Waals surface area (Å²) in [7, 11) is 1.12. The van der Waals surface area contributed by atoms with Crippen LogP contribution in [0.15, 0.2) is 12.4 Å². The Kier molecular flexibility index (Phi) is 3.68. The molecule has 0 spiro atoms. The first kappa shape index (κ1) is 11.5. The maximum atomic E-state index is 12.6. The predicted molar refractivity (Wildman–Crippen MR) is 48.4 cm³/mol. The SMILES string of the molecule is COC(=O)c1c(CN)cncc1C(F)F. The van der Waals surface area contributed by atoms with Crippen LogP contribution in [-0.4, -0.2) is 18.1 Å². The van der Waals surface area contributed by atoms with Gasteiger partial charge in [-0.1, -0.05) is 0 Å². The lowest BCUT2D eigenvalue weighted by Gasteiger charge is -2.10. The lowest BCUT2D eigenvalue weighted by Crippen LogP contribution is -2.13. The van der Waals surface area contributed by atoms with Gasteiger partial charge in [0, 0.05) is 18.9 Å². The first-order valence-corrected chi connectivity index (χ1v) is 4.15. The van der Waals surface area contributed by atoms with Crippen LogP contribution in [0.5, 0.6) is 0 Å². The van der Waals surface area contributed by atoms with Crippen molar-refractivity contribution in [3.8, 4) is 0 Å². The first-order chi connectivity index (χ1) is 7.11. The van der Waals surface area contributed by atoms with Crippen molar-refractivity contribution in [2.75, 3.05) is 7.11 Å². The number of aromatic nitrogens is 1. The summed E-state index contributed by atoms with van der Waals surface area (Å²) in [5.74, 6) is -0.826. The normalized spacial score (nSPS) is 10.5. The van der Waals surface area contributed by atoms with E-state index in [1.807, 2.05) is 0 Å². The fourth-order valence-electron chi connectivity index (χ4n) is 1.19. The van der Waals surface area contributed by atoms with Gasteiger partial charge in [0.05, 0.1) is 18.2 Å². The van der Waals surface area contributed by atoms with Crippen LogP contribution in [0.1, 0.15) is 27.9 Å². The molecule has 0 amide bonds. The van der Waals surface area contributed by atoms with Crippen LogP contribution in [0, 0.1) is 0 Å². The van der Waals surface area contributed by atoms with Crippen molar-refractivity contribution in [1.29, 1.82) is 0 Å². The molecule has 15 heavy (non-hydrogen) atoms. The maximum Gasteiger partial charge on any atom is 0.338 e. The van der Waals surface area contributed by atoms with E-state index >= 15 is 0 Å². The Morgan fingerprint density at radius 3 is 2.73 bits per heavy atom. The van der Waals surface area contributed by atoms with Crippen LogP contribution in [0.4, 0.5) is 8.78 Å². The van der Waals surface area contributed by atoms with Crippen molar-refractivity contribution in [3.63, 3.8) is 0 Å². The van der Waals surface area contributed by atoms with Crippen LogP contribution in [0.2, 0.25) is 0 Å². The fraction of sp³-hybridized carbons (Fsp3) is 0.333. The molecular weight excluding hydrogens is 206 g/mol. The number of pyridine rings is 1. The maximum absolute atomic E-state index is 12.6. The number of halogens is 2. The average molecular weight is 216 g/mol. The van der Waals surface area contributed by atoms with Gasteiger partial charge in [-0.15, -0.1) is 0 Å². The molecule has 1 aromatic heterocycles. The van der Waals surface area contributed by atoms with Crippen molar-refractivity contribution in [2.45, 2.75) is 13.0 Å². The highest BCUT2D eigenvalue weighted by Gasteiger charge is 2.22. The molecule has 0 fully saturated rings. The minimum Gasteiger partial charge on any atom is -0.465 e. The molecule has 2 N–H and O–H groups in total. The highest BCUT2D eigenvalue weighted by molar-refractivity contribution is 5.92. The quantitative estimate of drug-likeness (QED) is 0.772. The number of nitrogens with two attached hydrogens (primary N) is 1. The van der Waals surface area contributed by atoms with Gasteiger partial charge in [0.1, 0.15) is 0 Å². The third kappa shape index (κ3) is 2.27. The molecule has 0 saturated heterocycles. The lowest BCUT2D eigenvalue weighted by molar-refractivity contribution is 0.0587. The Morgan fingerprint density at radius 1 is 1.60 bits per heavy atom. The summed E-state index contributed by atoms with van der Waals surface area (Å²) in [6, 6.07) is 0. The van der Waals surface area contributed by atoms with E-state index in [0.717, 1.165) is 13.3 Å². The highest BCUT2D eigenvalue weighted by Crippen LogP contribution is 2.24. The van der Waals surface area contributed by atoms with Crippen LogP contribution in [-0.2, 0) is 11.3 Å². The standard InChI is InChI=1S/C9H10F2N2O2/c1-15-9(14)7-5(2-12)3-13-4-6(7)8(10)11/h3-4,8H,2,12H2,1H3. The number of carbonyl (C=O) groups excluding carboxylic acids is 1. The summed E-state index contributed by atoms with van der Waals surface area (Å²) < 4.78 is 29.5. The minimum absolute atomic E-state index is 0.0437. The topological polar surface area (TPSA) is 65.2 Å². The van der Waals surface area contributed by atoms with Gasteiger partial charge in [-0.25, -0.2) is 13.6 Å². The van der Waals surface area contributed by atoms with Gasteiger partial charge in [0.2, 0.25) is 0 Å². The summed E-state index contributed by atoms with van der Waals surface area (Å²) in [4.78, 5) is 14.9. The summed E-state index contributed by atoms with van der Waals surface area (Å²) in [6.07, 6.45) is -0.563. The number of hydrogen-bond donors (Lipinski definition) is 1. The molecule has 1 rings (SSSR count). The summed E-state index contributed by atoms with van der Waals surface area (Å²) in [5.41, 5.74) is 4.93. The van der Waals surface area contributed by atoms with E-state index in [2.05, 4.69) is 9.72 Å². The van der Waals surface area contributed by atoms with Crippen molar-refractivity contribution < 1.29 is 18.3 Å². The smallest absolute Gasteiger partial charge is 0.338 e. The molecule has 1 heterocycles. The van der Waals surface area contributed by atoms with Crippen molar-refractivity contribution >= 4 is 5.97 Å². The number of methoxy groups -OCH3 is 1. The van der Waals surface area contributed by atoms with Crippen LogP contribution >= 0.6 is 0 Å². The Morgan fingerprint density at radius 2 is 2.27 bits per heavy atom. The van der Waals surface area contributed by atoms with Crippen LogP contribution in [0.25, 0.3) is 0 Å². The predicted octanol–water partition coefficient (Wildman–Crippen LogP) is 1.26. The number of esters is 1. The van der Waals surface area contributed by atoms with Crippen LogP contribution < -0.4 is 5.73 Å². The van der Waals surface area contributed by atoms with E-state index in [9.17, 15) is 13.6 Å². The second kappa shape index (κ2) is 4.79. The second-order valence-corrected chi connectivity index (χ2v) is 2.76. The van der Waals surface area contributed by atoms with Gasteiger partial charge in [-0.2, -0.15) is 0 Å². The Labute approximate surface area is 85.1 Å². The lowest BCUT2D eigenvalue weighted by atomic mass is 10.1. The first-order valence-electron chi connectivity index (χ1n) is 4.15. The number of carbonyl (C=O) groups is 1. The molecule has 0 unspecified atom stereocenters. The van der Waals surface area contributed by atoms with E-state index in [-0.39, 0.29) is 17.7 Å². The molecule has 0 aromatic carbocycles. The van der Waals surface area contributed by atoms with Gasteiger partial charge in [0.25, 0.3) is 6.43 Å². The molecule has 0 bridgehead atoms. The molecule has 82 valence electrons. The molecule has 0 aliphatic rings. The Hall–Kier alpha value is -1.56. The molecule has 0 saturated carbocycles. The third-order valence-corrected chi connectivity index (χ3v) is 1.90. The number of rotatable bonds is 3. The molecule has 0 atom stereocenters. The Balaban J connectivity index is 3.33. The number of nitrogens with zero attached hydrogens (tertiary/aromatic N) is 1. The molecule has 4 nitrogen and oxygen atoms in total. The summed E-state index contributed by atoms with van der Waals surface area (Å²) in [5, 5.41) is 0. The van der Waals surface area contributed by atoms with Gasteiger partial charge in [0.15, 0.2) is 0 Å². The number of alkyl halides is 2. The Bertz CT molecular complexity index is 369. The van der Waals surface area contributed by atoms with E-state index in [1.54, 1.807) is 0 Å². The summed E-state index contributed by atoms with van der Waals surface area (Å²) in [6.45, 7) is -0.0437. The largest absolute Gasteiger partial charge is 0.465 e. The van der Waals surface area contributed by atoms with Crippen molar-refractivity contribution in [3.05, 3.63) is 29.1 Å². The zero-order valence-corrected chi connectivity index (χ0v) is 8.04. The summed E-state index contributed by atoms with van der Waals surface area (Å²) >= 11 is 0. The van der Waals surface area contributed by atoms with Crippen molar-refractivity contribution in [1.82, 2.24) is 4.98 Å². The number of hydrogen-bond acceptors (Lipinski definition) is 4. The zero-order chi connectivity index (χ0) is 11.4. The van der Waals surface area contributed by atoms with E-state index in [0.29, 0.717) is 0 Å². The van der Waals surface area contributed by atoms with Gasteiger partial charge in [-0.3, -0.25) is 4.98 Å². The zero-order valence-electron chi connectivity index (χ0n) is 8.04. The van der Waals surface area contributed by atoms with E-state index in [4.69, 9.17) is 5.73 Å². The van der Waals surface area contributed by atoms with Crippen LogP contribution in [0.3, 0.4) is 0 Å². The van der Waals surface area contributed by atoms with E-state index in [1.165, 1.54) is 6.20 Å². The third-order valence-electron chi connectivity index (χ3n) is 1.90. The highest BCUT2D eigenvalue weighted by atomic mass is 19.3. The molecule has 0 aliphatic heterocycles. The van der Waals surface area contributed by atoms with Gasteiger partial charge in [-0.05, 0) is 5.56 Å². The fourth-order valence-corrected chi connectivity index (χ4v) is 1.19. The molecular formula is C9H10F2N2O2. The van der Waals surface area contributed by atoms with Gasteiger partial charge < -0.3 is 10.5 Å². The van der Waals surface area contributed by atoms with E-state index < -0.39 is 18.0 Å². The minimum atomic E-state index is -2.78. The average Bonchev–Trinajstić information content (AvgIpc) is 2.26. The second-order valence-electron chi connectivity index (χ2n) is 2.76. The molecule has 0 radical (unpaired) electrons. The van der Waals surface area contributed by atoms with Gasteiger partial charge >= 0.3 is 5.97 Å².